The lowest BCUT2D eigenvalue weighted by atomic mass is 9.48. The van der Waals surface area contributed by atoms with Crippen molar-refractivity contribution in [1.29, 1.82) is 0 Å². The Morgan fingerprint density at radius 3 is 2.00 bits per heavy atom. The van der Waals surface area contributed by atoms with Crippen LogP contribution in [0.3, 0.4) is 0 Å². The Morgan fingerprint density at radius 2 is 1.52 bits per heavy atom. The summed E-state index contributed by atoms with van der Waals surface area (Å²) in [6.45, 7) is 0. The average Bonchev–Trinajstić information content (AvgIpc) is 2.91. The highest BCUT2D eigenvalue weighted by Gasteiger charge is 2.69. The van der Waals surface area contributed by atoms with Gasteiger partial charge >= 0.3 is 0 Å². The second kappa shape index (κ2) is 5.57. The third-order valence-electron chi connectivity index (χ3n) is 5.60. The monoisotopic (exact) mass is 370 g/mol. The number of alkyl halides is 1. The minimum Gasteiger partial charge on any atom is -0.380 e. The van der Waals surface area contributed by atoms with Crippen LogP contribution in [0.15, 0.2) is 60.7 Å². The van der Waals surface area contributed by atoms with Crippen molar-refractivity contribution in [3.05, 3.63) is 71.8 Å². The van der Waals surface area contributed by atoms with Gasteiger partial charge in [0.25, 0.3) is 0 Å². The van der Waals surface area contributed by atoms with E-state index in [4.69, 9.17) is 4.74 Å². The van der Waals surface area contributed by atoms with Crippen molar-refractivity contribution in [2.24, 2.45) is 11.8 Å². The van der Waals surface area contributed by atoms with Crippen molar-refractivity contribution < 1.29 is 9.53 Å². The quantitative estimate of drug-likeness (QED) is 0.764. The van der Waals surface area contributed by atoms with Gasteiger partial charge in [0.1, 0.15) is 0 Å². The van der Waals surface area contributed by atoms with E-state index in [9.17, 15) is 4.79 Å². The molecule has 0 amide bonds. The van der Waals surface area contributed by atoms with E-state index in [1.165, 1.54) is 0 Å². The minimum absolute atomic E-state index is 0.0877. The summed E-state index contributed by atoms with van der Waals surface area (Å²) >= 11 is 3.84. The molecule has 4 atom stereocenters. The molecule has 2 aromatic rings. The lowest BCUT2D eigenvalue weighted by molar-refractivity contribution is -0.141. The van der Waals surface area contributed by atoms with Crippen molar-refractivity contribution in [3.8, 4) is 0 Å². The molecule has 0 radical (unpaired) electrons. The van der Waals surface area contributed by atoms with Gasteiger partial charge in [-0.2, -0.15) is 0 Å². The van der Waals surface area contributed by atoms with Crippen LogP contribution in [0.4, 0.5) is 0 Å². The highest BCUT2D eigenvalue weighted by Crippen LogP contribution is 2.62. The maximum atomic E-state index is 13.3. The van der Waals surface area contributed by atoms with Crippen LogP contribution in [0.2, 0.25) is 0 Å². The fraction of sp³-hybridized carbons (Fsp3) is 0.350. The van der Waals surface area contributed by atoms with Crippen LogP contribution < -0.4 is 0 Å². The van der Waals surface area contributed by atoms with E-state index < -0.39 is 5.41 Å². The summed E-state index contributed by atoms with van der Waals surface area (Å²) in [6.07, 6.45) is 0.917. The Bertz CT molecular complexity index is 673. The smallest absolute Gasteiger partial charge is 0.151 e. The largest absolute Gasteiger partial charge is 0.380 e. The fourth-order valence-corrected chi connectivity index (χ4v) is 5.81. The third kappa shape index (κ3) is 1.93. The number of fused-ring (bicyclic) bond motifs is 1. The number of carbonyl (C=O) groups excluding carboxylic acids is 1. The van der Waals surface area contributed by atoms with E-state index in [1.54, 1.807) is 7.11 Å². The van der Waals surface area contributed by atoms with E-state index in [2.05, 4.69) is 40.2 Å². The molecule has 4 rings (SSSR count). The molecule has 2 aliphatic rings. The number of carbonyl (C=O) groups is 1. The van der Waals surface area contributed by atoms with Crippen LogP contribution >= 0.6 is 15.9 Å². The Labute approximate surface area is 145 Å². The highest BCUT2D eigenvalue weighted by molar-refractivity contribution is 9.09. The Kier molecular flexibility index (Phi) is 3.66. The predicted octanol–water partition coefficient (Wildman–Crippen LogP) is 3.97. The topological polar surface area (TPSA) is 26.3 Å². The van der Waals surface area contributed by atoms with E-state index in [0.29, 0.717) is 5.78 Å². The van der Waals surface area contributed by atoms with E-state index in [0.717, 1.165) is 17.5 Å². The summed E-state index contributed by atoms with van der Waals surface area (Å²) in [5.74, 6) is 0.665. The fourth-order valence-electron chi connectivity index (χ4n) is 4.62. The van der Waals surface area contributed by atoms with Gasteiger partial charge in [-0.3, -0.25) is 4.79 Å². The Hall–Kier alpha value is -1.45. The van der Waals surface area contributed by atoms with Gasteiger partial charge in [0, 0.05) is 23.8 Å². The van der Waals surface area contributed by atoms with E-state index >= 15 is 0 Å². The minimum atomic E-state index is -0.547. The molecule has 2 nitrogen and oxygen atoms in total. The summed E-state index contributed by atoms with van der Waals surface area (Å²) in [7, 11) is 1.74. The van der Waals surface area contributed by atoms with Gasteiger partial charge in [-0.15, -0.1) is 0 Å². The molecule has 2 fully saturated rings. The van der Waals surface area contributed by atoms with E-state index in [1.807, 2.05) is 36.4 Å². The van der Waals surface area contributed by atoms with Crippen molar-refractivity contribution in [3.63, 3.8) is 0 Å². The first kappa shape index (κ1) is 15.1. The second-order valence-electron chi connectivity index (χ2n) is 6.49. The Morgan fingerprint density at radius 1 is 1.00 bits per heavy atom. The zero-order valence-electron chi connectivity index (χ0n) is 13.0. The molecule has 0 aliphatic heterocycles. The van der Waals surface area contributed by atoms with Crippen LogP contribution in [0.1, 0.15) is 17.5 Å². The molecular weight excluding hydrogens is 352 g/mol. The first-order valence-electron chi connectivity index (χ1n) is 8.03. The number of hydrogen-bond donors (Lipinski definition) is 0. The summed E-state index contributed by atoms with van der Waals surface area (Å²) in [6, 6.07) is 20.4. The standard InChI is InChI=1S/C20H19BrO2/c1-23-16-12-15-17(18(16)21)20(19(15)22,13-8-4-2-5-9-13)14-10-6-3-7-11-14/h2-11,15-18H,12H2,1H3/t15-,16+,17+,18-/m0/s1. The van der Waals surface area contributed by atoms with Crippen LogP contribution in [-0.2, 0) is 14.9 Å². The number of ketones is 1. The first-order chi connectivity index (χ1) is 11.2. The first-order valence-corrected chi connectivity index (χ1v) is 8.95. The van der Waals surface area contributed by atoms with Gasteiger partial charge < -0.3 is 4.74 Å². The summed E-state index contributed by atoms with van der Waals surface area (Å²) in [5.41, 5.74) is 1.64. The predicted molar refractivity (Wildman–Crippen MR) is 93.8 cm³/mol. The van der Waals surface area contributed by atoms with Gasteiger partial charge in [-0.25, -0.2) is 0 Å². The molecule has 118 valence electrons. The summed E-state index contributed by atoms with van der Waals surface area (Å²) in [5, 5.41) is 0. The van der Waals surface area contributed by atoms with Gasteiger partial charge in [0.15, 0.2) is 5.78 Å². The number of rotatable bonds is 3. The third-order valence-corrected chi connectivity index (χ3v) is 6.76. The maximum Gasteiger partial charge on any atom is 0.151 e. The molecule has 2 aliphatic carbocycles. The van der Waals surface area contributed by atoms with Gasteiger partial charge in [-0.05, 0) is 17.5 Å². The number of Topliss-reactive ketones (excluding diaryl/α,β-unsaturated/α-hetero) is 1. The molecule has 3 heteroatoms. The van der Waals surface area contributed by atoms with Crippen molar-refractivity contribution >= 4 is 21.7 Å². The average molecular weight is 371 g/mol. The normalized spacial score (nSPS) is 31.5. The number of ether oxygens (including phenoxy) is 1. The molecule has 0 heterocycles. The zero-order chi connectivity index (χ0) is 16.0. The molecular formula is C20H19BrO2. The molecule has 0 aromatic heterocycles. The number of benzene rings is 2. The SMILES string of the molecule is CO[C@@H]1C[C@@H]2C(=O)C(c3ccccc3)(c3ccccc3)[C@H]2[C@H]1Br. The highest BCUT2D eigenvalue weighted by atomic mass is 79.9. The van der Waals surface area contributed by atoms with Gasteiger partial charge in [0.05, 0.1) is 11.5 Å². The lowest BCUT2D eigenvalue weighted by Gasteiger charge is -2.52. The molecule has 0 spiro atoms. The second-order valence-corrected chi connectivity index (χ2v) is 7.55. The molecule has 0 saturated heterocycles. The molecule has 23 heavy (non-hydrogen) atoms. The number of hydrogen-bond acceptors (Lipinski definition) is 2. The van der Waals surface area contributed by atoms with Crippen molar-refractivity contribution in [1.82, 2.24) is 0 Å². The maximum absolute atomic E-state index is 13.3. The molecule has 2 aromatic carbocycles. The lowest BCUT2D eigenvalue weighted by Crippen LogP contribution is -2.61. The number of methoxy groups -OCH3 is 1. The number of halogens is 1. The molecule has 2 saturated carbocycles. The van der Waals surface area contributed by atoms with Crippen molar-refractivity contribution in [2.45, 2.75) is 22.8 Å². The molecule has 0 bridgehead atoms. The molecule has 0 N–H and O–H groups in total. The van der Waals surface area contributed by atoms with Crippen LogP contribution in [0.5, 0.6) is 0 Å². The van der Waals surface area contributed by atoms with Gasteiger partial charge in [0.2, 0.25) is 0 Å². The van der Waals surface area contributed by atoms with Crippen LogP contribution in [0, 0.1) is 11.8 Å². The van der Waals surface area contributed by atoms with Gasteiger partial charge in [-0.1, -0.05) is 76.6 Å². The van der Waals surface area contributed by atoms with Crippen LogP contribution in [0.25, 0.3) is 0 Å². The molecule has 0 unspecified atom stereocenters. The summed E-state index contributed by atoms with van der Waals surface area (Å²) < 4.78 is 5.62. The summed E-state index contributed by atoms with van der Waals surface area (Å²) in [4.78, 5) is 13.5. The van der Waals surface area contributed by atoms with E-state index in [-0.39, 0.29) is 22.8 Å². The zero-order valence-corrected chi connectivity index (χ0v) is 14.6. The van der Waals surface area contributed by atoms with Crippen molar-refractivity contribution in [2.75, 3.05) is 7.11 Å². The Balaban J connectivity index is 1.90. The van der Waals surface area contributed by atoms with Crippen LogP contribution in [-0.4, -0.2) is 23.8 Å².